The van der Waals surface area contributed by atoms with Crippen molar-refractivity contribution in [3.63, 3.8) is 0 Å². The Morgan fingerprint density at radius 1 is 1.25 bits per heavy atom. The molecule has 1 rings (SSSR count). The number of nitro groups is 2. The molecule has 0 saturated carbocycles. The molecule has 1 aromatic rings. The minimum Gasteiger partial charge on any atom is -0.306 e. The van der Waals surface area contributed by atoms with Gasteiger partial charge >= 0.3 is 5.69 Å². The van der Waals surface area contributed by atoms with Crippen molar-refractivity contribution >= 4 is 23.0 Å². The van der Waals surface area contributed by atoms with E-state index in [1.165, 1.54) is 6.92 Å². The minimum absolute atomic E-state index is 0.138. The summed E-state index contributed by atoms with van der Waals surface area (Å²) in [5.74, 6) is -1.83. The lowest BCUT2D eigenvalue weighted by atomic mass is 10.2. The molecule has 1 amide bonds. The molecule has 0 aliphatic heterocycles. The van der Waals surface area contributed by atoms with Crippen LogP contribution >= 0.6 is 0 Å². The van der Waals surface area contributed by atoms with Crippen LogP contribution in [0.3, 0.4) is 0 Å². The lowest BCUT2D eigenvalue weighted by Crippen LogP contribution is -2.30. The number of amides is 1. The second-order valence-electron chi connectivity index (χ2n) is 3.98. The van der Waals surface area contributed by atoms with Crippen LogP contribution in [-0.4, -0.2) is 22.3 Å². The highest BCUT2D eigenvalue weighted by Gasteiger charge is 2.28. The first-order valence-corrected chi connectivity index (χ1v) is 5.70. The molecule has 0 aliphatic rings. The largest absolute Gasteiger partial charge is 0.307 e. The van der Waals surface area contributed by atoms with E-state index in [0.29, 0.717) is 18.6 Å². The summed E-state index contributed by atoms with van der Waals surface area (Å²) in [5, 5.41) is 21.6. The molecule has 108 valence electrons. The third kappa shape index (κ3) is 3.05. The molecule has 0 atom stereocenters. The fourth-order valence-corrected chi connectivity index (χ4v) is 1.71. The highest BCUT2D eigenvalue weighted by Crippen LogP contribution is 2.34. The quantitative estimate of drug-likeness (QED) is 0.609. The first kappa shape index (κ1) is 15.5. The Bertz CT molecular complexity index is 575. The summed E-state index contributed by atoms with van der Waals surface area (Å²) in [6.45, 7) is 3.05. The zero-order chi connectivity index (χ0) is 15.4. The van der Waals surface area contributed by atoms with E-state index in [-0.39, 0.29) is 12.2 Å². The molecule has 0 aromatic heterocycles. The number of carbonyl (C=O) groups excluding carboxylic acids is 1. The number of carbonyl (C=O) groups is 1. The van der Waals surface area contributed by atoms with Gasteiger partial charge in [0.25, 0.3) is 5.69 Å². The average molecular weight is 285 g/mol. The van der Waals surface area contributed by atoms with Crippen molar-refractivity contribution in [2.45, 2.75) is 20.3 Å². The van der Waals surface area contributed by atoms with Crippen LogP contribution in [0.2, 0.25) is 0 Å². The Hall–Kier alpha value is -2.58. The van der Waals surface area contributed by atoms with E-state index in [4.69, 9.17) is 0 Å². The Kier molecular flexibility index (Phi) is 4.68. The molecule has 0 fully saturated rings. The van der Waals surface area contributed by atoms with Gasteiger partial charge in [-0.15, -0.1) is 0 Å². The van der Waals surface area contributed by atoms with Crippen molar-refractivity contribution in [3.8, 4) is 0 Å². The summed E-state index contributed by atoms with van der Waals surface area (Å²) in [7, 11) is 0. The van der Waals surface area contributed by atoms with Crippen molar-refractivity contribution in [3.05, 3.63) is 38.2 Å². The lowest BCUT2D eigenvalue weighted by molar-refractivity contribution is -0.390. The Balaban J connectivity index is 3.54. The van der Waals surface area contributed by atoms with Gasteiger partial charge in [0.05, 0.1) is 22.0 Å². The van der Waals surface area contributed by atoms with Crippen LogP contribution in [0.5, 0.6) is 0 Å². The van der Waals surface area contributed by atoms with Gasteiger partial charge in [0, 0.05) is 13.5 Å². The highest BCUT2D eigenvalue weighted by atomic mass is 19.1. The van der Waals surface area contributed by atoms with Gasteiger partial charge in [-0.05, 0) is 6.42 Å². The molecule has 20 heavy (non-hydrogen) atoms. The predicted molar refractivity (Wildman–Crippen MR) is 68.0 cm³/mol. The van der Waals surface area contributed by atoms with E-state index in [1.807, 2.05) is 0 Å². The number of halogens is 1. The molecule has 0 spiro atoms. The summed E-state index contributed by atoms with van der Waals surface area (Å²) < 4.78 is 13.4. The first-order valence-electron chi connectivity index (χ1n) is 5.70. The maximum absolute atomic E-state index is 13.4. The summed E-state index contributed by atoms with van der Waals surface area (Å²) in [6.07, 6.45) is 0.488. The van der Waals surface area contributed by atoms with Gasteiger partial charge < -0.3 is 4.90 Å². The van der Waals surface area contributed by atoms with Crippen LogP contribution in [0.25, 0.3) is 0 Å². The lowest BCUT2D eigenvalue weighted by Gasteiger charge is -2.20. The van der Waals surface area contributed by atoms with Crippen molar-refractivity contribution in [1.29, 1.82) is 0 Å². The van der Waals surface area contributed by atoms with Crippen LogP contribution in [0.1, 0.15) is 20.3 Å². The number of rotatable bonds is 5. The standard InChI is InChI=1S/C11H12FN3O5/c1-3-4-13(7(2)16)10-6-9(14(17)18)8(12)5-11(10)15(19)20/h5-6H,3-4H2,1-2H3. The van der Waals surface area contributed by atoms with Crippen molar-refractivity contribution < 1.29 is 19.0 Å². The van der Waals surface area contributed by atoms with Crippen molar-refractivity contribution in [1.82, 2.24) is 0 Å². The van der Waals surface area contributed by atoms with Gasteiger partial charge in [-0.2, -0.15) is 4.39 Å². The SMILES string of the molecule is CCCN(C(C)=O)c1cc([N+](=O)[O-])c(F)cc1[N+](=O)[O-]. The molecule has 0 aliphatic carbocycles. The summed E-state index contributed by atoms with van der Waals surface area (Å²) in [6, 6.07) is 1.17. The molecule has 0 N–H and O–H groups in total. The molecule has 0 bridgehead atoms. The van der Waals surface area contributed by atoms with Crippen LogP contribution < -0.4 is 4.90 Å². The zero-order valence-corrected chi connectivity index (χ0v) is 10.8. The van der Waals surface area contributed by atoms with Crippen LogP contribution in [0.4, 0.5) is 21.5 Å². The number of hydrogen-bond acceptors (Lipinski definition) is 5. The second-order valence-corrected chi connectivity index (χ2v) is 3.98. The maximum Gasteiger partial charge on any atom is 0.307 e. The Morgan fingerprint density at radius 2 is 1.80 bits per heavy atom. The van der Waals surface area contributed by atoms with Gasteiger partial charge in [0.15, 0.2) is 0 Å². The number of benzene rings is 1. The van der Waals surface area contributed by atoms with Gasteiger partial charge in [-0.25, -0.2) is 0 Å². The predicted octanol–water partition coefficient (Wildman–Crippen LogP) is 2.41. The van der Waals surface area contributed by atoms with E-state index >= 15 is 0 Å². The Morgan fingerprint density at radius 3 is 2.20 bits per heavy atom. The maximum atomic E-state index is 13.4. The molecular formula is C11H12FN3O5. The zero-order valence-electron chi connectivity index (χ0n) is 10.8. The van der Waals surface area contributed by atoms with Crippen molar-refractivity contribution in [2.75, 3.05) is 11.4 Å². The molecule has 0 saturated heterocycles. The van der Waals surface area contributed by atoms with E-state index in [0.717, 1.165) is 4.90 Å². The van der Waals surface area contributed by atoms with Crippen LogP contribution in [-0.2, 0) is 4.79 Å². The van der Waals surface area contributed by atoms with Crippen LogP contribution in [0, 0.1) is 26.0 Å². The molecule has 1 aromatic carbocycles. The molecule has 0 unspecified atom stereocenters. The number of nitrogens with zero attached hydrogens (tertiary/aromatic N) is 3. The van der Waals surface area contributed by atoms with E-state index in [2.05, 4.69) is 0 Å². The molecule has 9 heteroatoms. The summed E-state index contributed by atoms with van der Waals surface area (Å²) in [5.41, 5.74) is -1.87. The monoisotopic (exact) mass is 285 g/mol. The Labute approximate surface area is 113 Å². The molecule has 8 nitrogen and oxygen atoms in total. The van der Waals surface area contributed by atoms with Gasteiger partial charge in [0.2, 0.25) is 11.7 Å². The number of hydrogen-bond donors (Lipinski definition) is 0. The topological polar surface area (TPSA) is 107 Å². The normalized spacial score (nSPS) is 10.2. The first-order chi connectivity index (χ1) is 9.29. The molecular weight excluding hydrogens is 273 g/mol. The molecule has 0 heterocycles. The second kappa shape index (κ2) is 6.04. The molecule has 0 radical (unpaired) electrons. The van der Waals surface area contributed by atoms with E-state index < -0.39 is 32.9 Å². The van der Waals surface area contributed by atoms with Gasteiger partial charge in [0.1, 0.15) is 5.69 Å². The third-order valence-corrected chi connectivity index (χ3v) is 2.56. The summed E-state index contributed by atoms with van der Waals surface area (Å²) >= 11 is 0. The minimum atomic E-state index is -1.31. The highest BCUT2D eigenvalue weighted by molar-refractivity contribution is 5.94. The van der Waals surface area contributed by atoms with Gasteiger partial charge in [-0.3, -0.25) is 25.0 Å². The average Bonchev–Trinajstić information content (AvgIpc) is 2.35. The fraction of sp³-hybridized carbons (Fsp3) is 0.364. The van der Waals surface area contributed by atoms with Gasteiger partial charge in [-0.1, -0.05) is 6.92 Å². The number of anilines is 1. The third-order valence-electron chi connectivity index (χ3n) is 2.56. The fourth-order valence-electron chi connectivity index (χ4n) is 1.71. The van der Waals surface area contributed by atoms with E-state index in [9.17, 15) is 29.4 Å². The van der Waals surface area contributed by atoms with E-state index in [1.54, 1.807) is 6.92 Å². The number of nitro benzene ring substituents is 2. The summed E-state index contributed by atoms with van der Waals surface area (Å²) in [4.78, 5) is 32.3. The van der Waals surface area contributed by atoms with Crippen molar-refractivity contribution in [2.24, 2.45) is 0 Å². The van der Waals surface area contributed by atoms with Crippen LogP contribution in [0.15, 0.2) is 12.1 Å². The smallest absolute Gasteiger partial charge is 0.306 e.